The minimum atomic E-state index is 0.0210. The predicted molar refractivity (Wildman–Crippen MR) is 84.9 cm³/mol. The molecule has 2 rings (SSSR count). The first kappa shape index (κ1) is 16.3. The minimum absolute atomic E-state index is 0.0210. The van der Waals surface area contributed by atoms with E-state index in [2.05, 4.69) is 31.0 Å². The lowest BCUT2D eigenvalue weighted by Gasteiger charge is -2.33. The molecule has 2 unspecified atom stereocenters. The first-order chi connectivity index (χ1) is 9.66. The van der Waals surface area contributed by atoms with E-state index in [-0.39, 0.29) is 5.54 Å². The summed E-state index contributed by atoms with van der Waals surface area (Å²) in [5.74, 6) is 0.829. The van der Waals surface area contributed by atoms with E-state index in [1.807, 2.05) is 0 Å². The van der Waals surface area contributed by atoms with Crippen LogP contribution in [0.4, 0.5) is 0 Å². The van der Waals surface area contributed by atoms with E-state index in [4.69, 9.17) is 0 Å². The smallest absolute Gasteiger partial charge is 0.0614 e. The van der Waals surface area contributed by atoms with Crippen LogP contribution >= 0.6 is 0 Å². The van der Waals surface area contributed by atoms with Gasteiger partial charge in [-0.1, -0.05) is 33.6 Å². The third-order valence-electron chi connectivity index (χ3n) is 5.54. The van der Waals surface area contributed by atoms with Crippen molar-refractivity contribution in [2.75, 3.05) is 19.7 Å². The van der Waals surface area contributed by atoms with E-state index in [0.29, 0.717) is 18.7 Å². The molecule has 2 aliphatic rings. The molecule has 2 N–H and O–H groups in total. The number of rotatable bonds is 9. The number of hydrogen-bond donors (Lipinski definition) is 2. The van der Waals surface area contributed by atoms with Gasteiger partial charge >= 0.3 is 0 Å². The fourth-order valence-electron chi connectivity index (χ4n) is 3.81. The molecular formula is C17H34N2O. The Morgan fingerprint density at radius 3 is 2.40 bits per heavy atom. The second kappa shape index (κ2) is 7.24. The highest BCUT2D eigenvalue weighted by Gasteiger charge is 2.43. The molecule has 0 bridgehead atoms. The van der Waals surface area contributed by atoms with Crippen LogP contribution in [0.25, 0.3) is 0 Å². The summed E-state index contributed by atoms with van der Waals surface area (Å²) in [6.07, 6.45) is 8.69. The fourth-order valence-corrected chi connectivity index (χ4v) is 3.81. The van der Waals surface area contributed by atoms with E-state index in [1.165, 1.54) is 38.6 Å². The zero-order chi connectivity index (χ0) is 14.6. The largest absolute Gasteiger partial charge is 0.394 e. The molecular weight excluding hydrogens is 248 g/mol. The summed E-state index contributed by atoms with van der Waals surface area (Å²) in [6.45, 7) is 9.59. The van der Waals surface area contributed by atoms with Gasteiger partial charge in [-0.3, -0.25) is 0 Å². The Bertz CT molecular complexity index is 289. The number of aliphatic hydroxyl groups is 1. The maximum atomic E-state index is 9.86. The van der Waals surface area contributed by atoms with Gasteiger partial charge in [0.1, 0.15) is 0 Å². The standard InChI is InChI=1S/C17H34N2O/c1-4-14(5-2)12-19(6-3)16-9-10-17(11-16,13-20)18-15-7-8-15/h14-16,18,20H,4-13H2,1-3H3. The van der Waals surface area contributed by atoms with E-state index in [0.717, 1.165) is 25.3 Å². The van der Waals surface area contributed by atoms with Crippen molar-refractivity contribution in [2.24, 2.45) is 5.92 Å². The van der Waals surface area contributed by atoms with Crippen LogP contribution in [0, 0.1) is 5.92 Å². The molecule has 3 heteroatoms. The normalized spacial score (nSPS) is 30.6. The van der Waals surface area contributed by atoms with Crippen molar-refractivity contribution in [3.05, 3.63) is 0 Å². The van der Waals surface area contributed by atoms with Gasteiger partial charge in [0.15, 0.2) is 0 Å². The molecule has 2 atom stereocenters. The van der Waals surface area contributed by atoms with Gasteiger partial charge in [-0.05, 0) is 44.6 Å². The number of nitrogens with one attached hydrogen (secondary N) is 1. The van der Waals surface area contributed by atoms with Crippen molar-refractivity contribution >= 4 is 0 Å². The van der Waals surface area contributed by atoms with Crippen LogP contribution in [0.2, 0.25) is 0 Å². The first-order valence-corrected chi connectivity index (χ1v) is 8.79. The second-order valence-electron chi connectivity index (χ2n) is 7.02. The highest BCUT2D eigenvalue weighted by molar-refractivity contribution is 5.03. The van der Waals surface area contributed by atoms with Crippen LogP contribution in [-0.4, -0.2) is 47.3 Å². The van der Waals surface area contributed by atoms with E-state index >= 15 is 0 Å². The van der Waals surface area contributed by atoms with Crippen LogP contribution in [0.3, 0.4) is 0 Å². The molecule has 2 fully saturated rings. The Hall–Kier alpha value is -0.120. The lowest BCUT2D eigenvalue weighted by atomic mass is 9.97. The predicted octanol–water partition coefficient (Wildman–Crippen LogP) is 2.78. The number of hydrogen-bond acceptors (Lipinski definition) is 3. The van der Waals surface area contributed by atoms with Crippen LogP contribution in [0.5, 0.6) is 0 Å². The molecule has 2 saturated carbocycles. The molecule has 0 spiro atoms. The van der Waals surface area contributed by atoms with Crippen molar-refractivity contribution in [3.8, 4) is 0 Å². The van der Waals surface area contributed by atoms with Gasteiger partial charge < -0.3 is 15.3 Å². The molecule has 0 radical (unpaired) electrons. The summed E-state index contributed by atoms with van der Waals surface area (Å²) < 4.78 is 0. The third kappa shape index (κ3) is 3.96. The Morgan fingerprint density at radius 2 is 1.90 bits per heavy atom. The maximum Gasteiger partial charge on any atom is 0.0614 e. The average molecular weight is 282 g/mol. The molecule has 0 aliphatic heterocycles. The summed E-state index contributed by atoms with van der Waals surface area (Å²) in [4.78, 5) is 2.67. The van der Waals surface area contributed by atoms with Crippen LogP contribution in [0.1, 0.15) is 65.7 Å². The number of nitrogens with zero attached hydrogens (tertiary/aromatic N) is 1. The molecule has 118 valence electrons. The average Bonchev–Trinajstić information content (AvgIpc) is 3.18. The maximum absolute atomic E-state index is 9.86. The van der Waals surface area contributed by atoms with Crippen molar-refractivity contribution in [1.82, 2.24) is 10.2 Å². The van der Waals surface area contributed by atoms with Gasteiger partial charge in [0, 0.05) is 24.2 Å². The van der Waals surface area contributed by atoms with E-state index in [9.17, 15) is 5.11 Å². The van der Waals surface area contributed by atoms with Crippen molar-refractivity contribution in [2.45, 2.75) is 83.3 Å². The van der Waals surface area contributed by atoms with Crippen molar-refractivity contribution < 1.29 is 5.11 Å². The molecule has 0 aromatic heterocycles. The summed E-state index contributed by atoms with van der Waals surface area (Å²) >= 11 is 0. The van der Waals surface area contributed by atoms with Gasteiger partial charge in [-0.2, -0.15) is 0 Å². The highest BCUT2D eigenvalue weighted by atomic mass is 16.3. The van der Waals surface area contributed by atoms with Gasteiger partial charge in [0.05, 0.1) is 6.61 Å². The second-order valence-corrected chi connectivity index (χ2v) is 7.02. The van der Waals surface area contributed by atoms with Crippen LogP contribution in [0.15, 0.2) is 0 Å². The molecule has 2 aliphatic carbocycles. The summed E-state index contributed by atoms with van der Waals surface area (Å²) in [6, 6.07) is 1.36. The highest BCUT2D eigenvalue weighted by Crippen LogP contribution is 2.36. The van der Waals surface area contributed by atoms with Crippen LogP contribution < -0.4 is 5.32 Å². The lowest BCUT2D eigenvalue weighted by molar-refractivity contribution is 0.133. The molecule has 0 amide bonds. The third-order valence-corrected chi connectivity index (χ3v) is 5.54. The quantitative estimate of drug-likeness (QED) is 0.682. The molecule has 0 heterocycles. The molecule has 0 saturated heterocycles. The van der Waals surface area contributed by atoms with Gasteiger partial charge in [0.25, 0.3) is 0 Å². The van der Waals surface area contributed by atoms with E-state index in [1.54, 1.807) is 0 Å². The topological polar surface area (TPSA) is 35.5 Å². The number of aliphatic hydroxyl groups excluding tert-OH is 1. The van der Waals surface area contributed by atoms with E-state index < -0.39 is 0 Å². The Balaban J connectivity index is 1.90. The monoisotopic (exact) mass is 282 g/mol. The zero-order valence-electron chi connectivity index (χ0n) is 13.7. The molecule has 20 heavy (non-hydrogen) atoms. The SMILES string of the molecule is CCC(CC)CN(CC)C1CCC(CO)(NC2CC2)C1. The lowest BCUT2D eigenvalue weighted by Crippen LogP contribution is -2.49. The summed E-state index contributed by atoms with van der Waals surface area (Å²) in [7, 11) is 0. The molecule has 0 aromatic rings. The van der Waals surface area contributed by atoms with Gasteiger partial charge in [-0.15, -0.1) is 0 Å². The van der Waals surface area contributed by atoms with Crippen molar-refractivity contribution in [3.63, 3.8) is 0 Å². The summed E-state index contributed by atoms with van der Waals surface area (Å²) in [5.41, 5.74) is 0.0210. The Labute approximate surface area is 125 Å². The molecule has 3 nitrogen and oxygen atoms in total. The fraction of sp³-hybridized carbons (Fsp3) is 1.00. The Kier molecular flexibility index (Phi) is 5.88. The van der Waals surface area contributed by atoms with Gasteiger partial charge in [0.2, 0.25) is 0 Å². The van der Waals surface area contributed by atoms with Crippen molar-refractivity contribution in [1.29, 1.82) is 0 Å². The first-order valence-electron chi connectivity index (χ1n) is 8.79. The summed E-state index contributed by atoms with van der Waals surface area (Å²) in [5, 5.41) is 13.6. The zero-order valence-corrected chi connectivity index (χ0v) is 13.7. The molecule has 0 aromatic carbocycles. The van der Waals surface area contributed by atoms with Gasteiger partial charge in [-0.25, -0.2) is 0 Å². The Morgan fingerprint density at radius 1 is 1.20 bits per heavy atom. The minimum Gasteiger partial charge on any atom is -0.394 e. The van der Waals surface area contributed by atoms with Crippen LogP contribution in [-0.2, 0) is 0 Å².